The highest BCUT2D eigenvalue weighted by Crippen LogP contribution is 2.53. The molecule has 2 fully saturated rings. The van der Waals surface area contributed by atoms with Gasteiger partial charge >= 0.3 is 0 Å². The van der Waals surface area contributed by atoms with Crippen LogP contribution in [0.5, 0.6) is 0 Å². The van der Waals surface area contributed by atoms with E-state index in [1.807, 2.05) is 25.1 Å². The van der Waals surface area contributed by atoms with Crippen LogP contribution in [0, 0.1) is 17.8 Å². The van der Waals surface area contributed by atoms with Crippen molar-refractivity contribution in [2.24, 2.45) is 17.8 Å². The summed E-state index contributed by atoms with van der Waals surface area (Å²) in [6.07, 6.45) is 0.798. The number of hydrogen-bond acceptors (Lipinski definition) is 5. The first-order chi connectivity index (χ1) is 15.0. The number of nitrogens with one attached hydrogen (secondary N) is 2. The predicted molar refractivity (Wildman–Crippen MR) is 114 cm³/mol. The maximum atomic E-state index is 13.1. The molecule has 5 rings (SSSR count). The lowest BCUT2D eigenvalue weighted by atomic mass is 9.90. The summed E-state index contributed by atoms with van der Waals surface area (Å²) in [6.45, 7) is 3.48. The number of Topliss-reactive ketones (excluding diaryl/α,β-unsaturated/α-hetero) is 1. The van der Waals surface area contributed by atoms with Gasteiger partial charge in [-0.05, 0) is 47.1 Å². The van der Waals surface area contributed by atoms with Gasteiger partial charge in [0, 0.05) is 36.3 Å². The van der Waals surface area contributed by atoms with Gasteiger partial charge in [0.1, 0.15) is 5.69 Å². The summed E-state index contributed by atoms with van der Waals surface area (Å²) < 4.78 is 5.43. The minimum Gasteiger partial charge on any atom is -0.381 e. The van der Waals surface area contributed by atoms with E-state index in [-0.39, 0.29) is 29.2 Å². The van der Waals surface area contributed by atoms with Crippen molar-refractivity contribution in [3.63, 3.8) is 0 Å². The van der Waals surface area contributed by atoms with Crippen LogP contribution >= 0.6 is 0 Å². The number of aromatic nitrogens is 1. The second-order valence-corrected chi connectivity index (χ2v) is 8.72. The lowest BCUT2D eigenvalue weighted by molar-refractivity contribution is -0.115. The number of amides is 2. The summed E-state index contributed by atoms with van der Waals surface area (Å²) in [7, 11) is 1.55. The van der Waals surface area contributed by atoms with Crippen molar-refractivity contribution in [3.05, 3.63) is 58.4 Å². The molecule has 2 aliphatic heterocycles. The minimum absolute atomic E-state index is 0.0310. The van der Waals surface area contributed by atoms with Gasteiger partial charge in [-0.1, -0.05) is 19.1 Å². The van der Waals surface area contributed by atoms with Crippen LogP contribution in [0.1, 0.15) is 56.9 Å². The van der Waals surface area contributed by atoms with E-state index in [9.17, 15) is 14.4 Å². The fraction of sp³-hybridized carbons (Fsp3) is 0.417. The van der Waals surface area contributed by atoms with E-state index in [1.54, 1.807) is 19.2 Å². The van der Waals surface area contributed by atoms with Crippen molar-refractivity contribution >= 4 is 23.3 Å². The van der Waals surface area contributed by atoms with Crippen LogP contribution in [0.15, 0.2) is 30.3 Å². The number of ketones is 1. The molecule has 1 saturated carbocycles. The molecular weight excluding hydrogens is 394 g/mol. The van der Waals surface area contributed by atoms with Crippen LogP contribution in [-0.2, 0) is 16.0 Å². The highest BCUT2D eigenvalue weighted by Gasteiger charge is 2.54. The van der Waals surface area contributed by atoms with E-state index in [4.69, 9.17) is 4.74 Å². The Balaban J connectivity index is 1.47. The quantitative estimate of drug-likeness (QED) is 0.702. The maximum Gasteiger partial charge on any atom is 0.269 e. The Bertz CT molecular complexity index is 1090. The highest BCUT2D eigenvalue weighted by atomic mass is 16.5. The van der Waals surface area contributed by atoms with Crippen LogP contribution in [-0.4, -0.2) is 42.8 Å². The molecule has 0 bridgehead atoms. The zero-order valence-electron chi connectivity index (χ0n) is 17.6. The Morgan fingerprint density at radius 1 is 1.26 bits per heavy atom. The first-order valence-electron chi connectivity index (χ1n) is 10.7. The molecule has 2 amide bonds. The first kappa shape index (κ1) is 19.9. The first-order valence-corrected chi connectivity index (χ1v) is 10.7. The number of fused-ring (bicyclic) bond motifs is 2. The van der Waals surface area contributed by atoms with Gasteiger partial charge in [-0.25, -0.2) is 4.98 Å². The number of carbonyl (C=O) groups excluding carboxylic acids is 3. The summed E-state index contributed by atoms with van der Waals surface area (Å²) in [4.78, 5) is 41.9. The fourth-order valence-electron chi connectivity index (χ4n) is 5.01. The monoisotopic (exact) mass is 419 g/mol. The normalized spacial score (nSPS) is 24.2. The molecule has 1 aromatic heterocycles. The summed E-state index contributed by atoms with van der Waals surface area (Å²) in [5, 5.41) is 5.47. The van der Waals surface area contributed by atoms with Crippen molar-refractivity contribution in [2.75, 3.05) is 25.6 Å². The van der Waals surface area contributed by atoms with E-state index in [1.165, 1.54) is 0 Å². The predicted octanol–water partition coefficient (Wildman–Crippen LogP) is 2.55. The van der Waals surface area contributed by atoms with Gasteiger partial charge < -0.3 is 15.4 Å². The van der Waals surface area contributed by atoms with E-state index < -0.39 is 0 Å². The van der Waals surface area contributed by atoms with Gasteiger partial charge in [-0.3, -0.25) is 14.4 Å². The van der Waals surface area contributed by atoms with Gasteiger partial charge in [-0.15, -0.1) is 0 Å². The molecule has 0 radical (unpaired) electrons. The number of benzene rings is 1. The molecule has 7 heteroatoms. The third-order valence-electron chi connectivity index (χ3n) is 6.91. The molecule has 3 aliphatic rings. The number of pyridine rings is 1. The second kappa shape index (κ2) is 7.57. The molecule has 1 aliphatic carbocycles. The largest absolute Gasteiger partial charge is 0.381 e. The number of ether oxygens (including phenoxy) is 1. The average molecular weight is 419 g/mol. The van der Waals surface area contributed by atoms with Crippen molar-refractivity contribution < 1.29 is 19.1 Å². The van der Waals surface area contributed by atoms with Crippen molar-refractivity contribution in [3.8, 4) is 0 Å². The average Bonchev–Trinajstić information content (AvgIpc) is 3.12. The molecule has 2 unspecified atom stereocenters. The van der Waals surface area contributed by atoms with Gasteiger partial charge in [0.2, 0.25) is 5.91 Å². The van der Waals surface area contributed by atoms with Gasteiger partial charge in [-0.2, -0.15) is 0 Å². The molecule has 3 heterocycles. The number of hydrogen-bond donors (Lipinski definition) is 2. The Hall–Kier alpha value is -3.06. The maximum absolute atomic E-state index is 13.1. The number of nitrogens with zero attached hydrogens (tertiary/aromatic N) is 1. The summed E-state index contributed by atoms with van der Waals surface area (Å²) in [5.74, 6) is 0.891. The Kier molecular flexibility index (Phi) is 4.85. The fourth-order valence-corrected chi connectivity index (χ4v) is 5.01. The summed E-state index contributed by atoms with van der Waals surface area (Å²) >= 11 is 0. The van der Waals surface area contributed by atoms with Gasteiger partial charge in [0.25, 0.3) is 5.91 Å². The lowest BCUT2D eigenvalue weighted by Gasteiger charge is -2.17. The third-order valence-corrected chi connectivity index (χ3v) is 6.91. The van der Waals surface area contributed by atoms with Crippen LogP contribution in [0.2, 0.25) is 0 Å². The molecule has 1 saturated heterocycles. The zero-order chi connectivity index (χ0) is 21.7. The molecule has 7 nitrogen and oxygen atoms in total. The Morgan fingerprint density at radius 3 is 2.77 bits per heavy atom. The third kappa shape index (κ3) is 3.53. The van der Waals surface area contributed by atoms with Crippen LogP contribution in [0.4, 0.5) is 5.69 Å². The lowest BCUT2D eigenvalue weighted by Crippen LogP contribution is -2.21. The summed E-state index contributed by atoms with van der Waals surface area (Å²) in [6, 6.07) is 9.16. The smallest absolute Gasteiger partial charge is 0.269 e. The zero-order valence-corrected chi connectivity index (χ0v) is 17.6. The highest BCUT2D eigenvalue weighted by molar-refractivity contribution is 6.01. The number of carbonyl (C=O) groups is 3. The van der Waals surface area contributed by atoms with Crippen LogP contribution < -0.4 is 10.6 Å². The van der Waals surface area contributed by atoms with Crippen molar-refractivity contribution in [1.82, 2.24) is 10.3 Å². The topological polar surface area (TPSA) is 97.4 Å². The summed E-state index contributed by atoms with van der Waals surface area (Å²) in [5.41, 5.74) is 4.14. The second-order valence-electron chi connectivity index (χ2n) is 8.72. The standard InChI is InChI=1S/C24H25N3O4/c1-12(14-4-3-5-19-16(14)9-23(29)27-19)20-6-13(7-21(26-20)24(30)25-2)22(28)8-15-17-10-31-11-18(15)17/h3-7,12,15,17-18H,8-11H2,1-2H3,(H,25,30)(H,27,29)/t12?,15?,17-,18+. The van der Waals surface area contributed by atoms with Crippen molar-refractivity contribution in [2.45, 2.75) is 25.7 Å². The number of rotatable bonds is 6. The van der Waals surface area contributed by atoms with E-state index in [0.717, 1.165) is 30.0 Å². The molecule has 2 N–H and O–H groups in total. The molecule has 0 spiro atoms. The Labute approximate surface area is 180 Å². The Morgan fingerprint density at radius 2 is 2.03 bits per heavy atom. The van der Waals surface area contributed by atoms with E-state index in [0.29, 0.717) is 41.9 Å². The minimum atomic E-state index is -0.324. The van der Waals surface area contributed by atoms with Gasteiger partial charge in [0.05, 0.1) is 19.6 Å². The van der Waals surface area contributed by atoms with Crippen LogP contribution in [0.3, 0.4) is 0 Å². The molecule has 160 valence electrons. The van der Waals surface area contributed by atoms with Gasteiger partial charge in [0.15, 0.2) is 5.78 Å². The molecule has 1 aromatic carbocycles. The molecule has 2 aromatic rings. The van der Waals surface area contributed by atoms with Crippen molar-refractivity contribution in [1.29, 1.82) is 0 Å². The SMILES string of the molecule is CNC(=O)c1cc(C(=O)CC2[C@H]3COC[C@@H]23)cc(C(C)c2cccc3c2CC(=O)N3)n1. The van der Waals surface area contributed by atoms with Crippen LogP contribution in [0.25, 0.3) is 0 Å². The molecule has 4 atom stereocenters. The number of anilines is 1. The molecule has 31 heavy (non-hydrogen) atoms. The molecular formula is C24H25N3O4. The van der Waals surface area contributed by atoms with E-state index in [2.05, 4.69) is 15.6 Å². The van der Waals surface area contributed by atoms with E-state index >= 15 is 0 Å².